The molecule has 4 heteroatoms. The molecule has 0 aliphatic rings. The van der Waals surface area contributed by atoms with Crippen LogP contribution in [0, 0.1) is 0 Å². The van der Waals surface area contributed by atoms with Gasteiger partial charge in [-0.1, -0.05) is 0 Å². The second-order valence-electron chi connectivity index (χ2n) is 2.44. The van der Waals surface area contributed by atoms with Gasteiger partial charge in [0.05, 0.1) is 12.7 Å². The molecule has 12 heavy (non-hydrogen) atoms. The van der Waals surface area contributed by atoms with Gasteiger partial charge in [-0.25, -0.2) is 4.99 Å². The Morgan fingerprint density at radius 1 is 1.58 bits per heavy atom. The van der Waals surface area contributed by atoms with E-state index in [1.807, 2.05) is 13.8 Å². The maximum absolute atomic E-state index is 10.7. The molecule has 0 amide bonds. The zero-order valence-corrected chi connectivity index (χ0v) is 7.74. The van der Waals surface area contributed by atoms with E-state index in [0.717, 1.165) is 0 Å². The van der Waals surface area contributed by atoms with Gasteiger partial charge in [0.15, 0.2) is 6.40 Å². The van der Waals surface area contributed by atoms with Crippen LogP contribution in [-0.2, 0) is 14.3 Å². The molecule has 0 rings (SSSR count). The van der Waals surface area contributed by atoms with Crippen LogP contribution in [0.3, 0.4) is 0 Å². The van der Waals surface area contributed by atoms with Crippen molar-refractivity contribution in [3.05, 3.63) is 0 Å². The Balaban J connectivity index is 3.40. The Labute approximate surface area is 72.6 Å². The van der Waals surface area contributed by atoms with Crippen molar-refractivity contribution in [1.29, 1.82) is 0 Å². The fraction of sp³-hybridized carbons (Fsp3) is 0.750. The standard InChI is InChI=1S/C8H15NO3/c1-4-11-8(10)5-9-6-12-7(2)3/h6-7H,4-5H2,1-3H3. The molecule has 70 valence electrons. The zero-order chi connectivity index (χ0) is 9.40. The number of carbonyl (C=O) groups excluding carboxylic acids is 1. The van der Waals surface area contributed by atoms with E-state index >= 15 is 0 Å². The van der Waals surface area contributed by atoms with E-state index in [0.29, 0.717) is 6.61 Å². The van der Waals surface area contributed by atoms with Crippen LogP contribution in [-0.4, -0.2) is 31.6 Å². The van der Waals surface area contributed by atoms with Gasteiger partial charge in [-0.3, -0.25) is 4.79 Å². The van der Waals surface area contributed by atoms with Gasteiger partial charge in [0.25, 0.3) is 0 Å². The smallest absolute Gasteiger partial charge is 0.327 e. The van der Waals surface area contributed by atoms with Crippen LogP contribution in [0.4, 0.5) is 0 Å². The highest BCUT2D eigenvalue weighted by atomic mass is 16.5. The van der Waals surface area contributed by atoms with Gasteiger partial charge in [0, 0.05) is 0 Å². The summed E-state index contributed by atoms with van der Waals surface area (Å²) in [6.45, 7) is 5.94. The molecule has 0 spiro atoms. The Morgan fingerprint density at radius 2 is 2.25 bits per heavy atom. The fourth-order valence-electron chi connectivity index (χ4n) is 0.483. The highest BCUT2D eigenvalue weighted by Gasteiger charge is 1.96. The lowest BCUT2D eigenvalue weighted by atomic mass is 10.5. The predicted octanol–water partition coefficient (Wildman–Crippen LogP) is 1.00. The number of carbonyl (C=O) groups is 1. The van der Waals surface area contributed by atoms with Gasteiger partial charge in [-0.15, -0.1) is 0 Å². The SMILES string of the molecule is CCOC(=O)CN=COC(C)C. The third-order valence-corrected chi connectivity index (χ3v) is 0.933. The van der Waals surface area contributed by atoms with Crippen molar-refractivity contribution in [3.63, 3.8) is 0 Å². The summed E-state index contributed by atoms with van der Waals surface area (Å²) >= 11 is 0. The van der Waals surface area contributed by atoms with E-state index < -0.39 is 0 Å². The summed E-state index contributed by atoms with van der Waals surface area (Å²) in [5.41, 5.74) is 0. The summed E-state index contributed by atoms with van der Waals surface area (Å²) in [6, 6.07) is 0. The van der Waals surface area contributed by atoms with Crippen molar-refractivity contribution >= 4 is 12.4 Å². The molecule has 0 atom stereocenters. The molecule has 0 N–H and O–H groups in total. The molecule has 0 aromatic rings. The van der Waals surface area contributed by atoms with E-state index in [-0.39, 0.29) is 18.6 Å². The van der Waals surface area contributed by atoms with Crippen LogP contribution < -0.4 is 0 Å². The molecular weight excluding hydrogens is 158 g/mol. The lowest BCUT2D eigenvalue weighted by molar-refractivity contribution is -0.141. The first-order valence-electron chi connectivity index (χ1n) is 3.96. The van der Waals surface area contributed by atoms with Crippen molar-refractivity contribution in [2.24, 2.45) is 4.99 Å². The molecular formula is C8H15NO3. The summed E-state index contributed by atoms with van der Waals surface area (Å²) in [5.74, 6) is -0.332. The van der Waals surface area contributed by atoms with E-state index in [9.17, 15) is 4.79 Å². The third-order valence-electron chi connectivity index (χ3n) is 0.933. The largest absolute Gasteiger partial charge is 0.481 e. The van der Waals surface area contributed by atoms with Crippen LogP contribution in [0.15, 0.2) is 4.99 Å². The summed E-state index contributed by atoms with van der Waals surface area (Å²) in [6.07, 6.45) is 1.37. The van der Waals surface area contributed by atoms with Gasteiger partial charge < -0.3 is 9.47 Å². The maximum Gasteiger partial charge on any atom is 0.327 e. The molecule has 0 unspecified atom stereocenters. The molecule has 0 aliphatic heterocycles. The molecule has 0 heterocycles. The fourth-order valence-corrected chi connectivity index (χ4v) is 0.483. The Morgan fingerprint density at radius 3 is 2.75 bits per heavy atom. The minimum atomic E-state index is -0.332. The summed E-state index contributed by atoms with van der Waals surface area (Å²) in [5, 5.41) is 0. The molecule has 0 aromatic carbocycles. The van der Waals surface area contributed by atoms with E-state index in [2.05, 4.69) is 9.73 Å². The normalized spacial score (nSPS) is 10.7. The molecule has 0 fully saturated rings. The second-order valence-corrected chi connectivity index (χ2v) is 2.44. The topological polar surface area (TPSA) is 47.9 Å². The van der Waals surface area contributed by atoms with Crippen molar-refractivity contribution in [2.45, 2.75) is 26.9 Å². The van der Waals surface area contributed by atoms with Gasteiger partial charge in [-0.2, -0.15) is 0 Å². The first kappa shape index (κ1) is 10.9. The van der Waals surface area contributed by atoms with Crippen LogP contribution in [0.2, 0.25) is 0 Å². The van der Waals surface area contributed by atoms with Crippen LogP contribution >= 0.6 is 0 Å². The Hall–Kier alpha value is -1.06. The van der Waals surface area contributed by atoms with Gasteiger partial charge in [-0.05, 0) is 20.8 Å². The van der Waals surface area contributed by atoms with E-state index in [1.54, 1.807) is 6.92 Å². The second kappa shape index (κ2) is 6.64. The maximum atomic E-state index is 10.7. The summed E-state index contributed by atoms with van der Waals surface area (Å²) < 4.78 is 9.61. The molecule has 0 saturated heterocycles. The number of hydrogen-bond donors (Lipinski definition) is 0. The van der Waals surface area contributed by atoms with E-state index in [4.69, 9.17) is 4.74 Å². The van der Waals surface area contributed by atoms with Crippen molar-refractivity contribution in [3.8, 4) is 0 Å². The van der Waals surface area contributed by atoms with Crippen molar-refractivity contribution in [1.82, 2.24) is 0 Å². The van der Waals surface area contributed by atoms with Crippen LogP contribution in [0.1, 0.15) is 20.8 Å². The average molecular weight is 173 g/mol. The third kappa shape index (κ3) is 7.05. The zero-order valence-electron chi connectivity index (χ0n) is 7.74. The van der Waals surface area contributed by atoms with Crippen LogP contribution in [0.5, 0.6) is 0 Å². The minimum Gasteiger partial charge on any atom is -0.481 e. The quantitative estimate of drug-likeness (QED) is 0.354. The monoisotopic (exact) mass is 173 g/mol. The number of aliphatic imine (C=N–C) groups is 1. The number of hydrogen-bond acceptors (Lipinski definition) is 4. The first-order valence-corrected chi connectivity index (χ1v) is 3.96. The summed E-state index contributed by atoms with van der Waals surface area (Å²) in [7, 11) is 0. The van der Waals surface area contributed by atoms with Crippen molar-refractivity contribution < 1.29 is 14.3 Å². The molecule has 0 bridgehead atoms. The molecule has 0 radical (unpaired) electrons. The number of esters is 1. The molecule has 0 aliphatic carbocycles. The number of rotatable bonds is 5. The molecule has 0 saturated carbocycles. The highest BCUT2D eigenvalue weighted by Crippen LogP contribution is 1.84. The van der Waals surface area contributed by atoms with Gasteiger partial charge >= 0.3 is 5.97 Å². The summed E-state index contributed by atoms with van der Waals surface area (Å²) in [4.78, 5) is 14.4. The highest BCUT2D eigenvalue weighted by molar-refractivity contribution is 5.73. The van der Waals surface area contributed by atoms with Crippen molar-refractivity contribution in [2.75, 3.05) is 13.2 Å². The van der Waals surface area contributed by atoms with Gasteiger partial charge in [0.2, 0.25) is 0 Å². The minimum absolute atomic E-state index is 0.0283. The molecule has 0 aromatic heterocycles. The Kier molecular flexibility index (Phi) is 6.05. The first-order chi connectivity index (χ1) is 5.66. The lowest BCUT2D eigenvalue weighted by Crippen LogP contribution is -2.08. The Bertz CT molecular complexity index is 154. The average Bonchev–Trinajstić information content (AvgIpc) is 1.98. The van der Waals surface area contributed by atoms with E-state index in [1.165, 1.54) is 6.40 Å². The van der Waals surface area contributed by atoms with Gasteiger partial charge in [0.1, 0.15) is 6.54 Å². The number of nitrogens with zero attached hydrogens (tertiary/aromatic N) is 1. The molecule has 4 nitrogen and oxygen atoms in total. The number of ether oxygens (including phenoxy) is 2. The lowest BCUT2D eigenvalue weighted by Gasteiger charge is -2.01. The van der Waals surface area contributed by atoms with Crippen LogP contribution in [0.25, 0.3) is 0 Å². The predicted molar refractivity (Wildman–Crippen MR) is 46.2 cm³/mol.